The Balaban J connectivity index is 1.19. The topological polar surface area (TPSA) is 158 Å². The molecule has 66 heavy (non-hydrogen) atoms. The van der Waals surface area contributed by atoms with Crippen molar-refractivity contribution in [2.45, 2.75) is 93.2 Å². The molecule has 9 rings (SSSR count). The molecule has 3 aromatic heterocycles. The van der Waals surface area contributed by atoms with Crippen molar-refractivity contribution >= 4 is 54.1 Å². The van der Waals surface area contributed by atoms with E-state index >= 15 is 8.78 Å². The van der Waals surface area contributed by atoms with Crippen molar-refractivity contribution in [1.29, 1.82) is 0 Å². The van der Waals surface area contributed by atoms with Crippen LogP contribution in [0, 0.1) is 47.2 Å². The summed E-state index contributed by atoms with van der Waals surface area (Å²) in [5, 5.41) is 10.7. The first-order chi connectivity index (χ1) is 31.0. The second kappa shape index (κ2) is 16.3. The van der Waals surface area contributed by atoms with Crippen LogP contribution in [-0.2, 0) is 50.6 Å². The Labute approximate surface area is 380 Å². The molecule has 346 valence electrons. The van der Waals surface area contributed by atoms with Crippen molar-refractivity contribution in [3.63, 3.8) is 0 Å². The molecular weight excluding hydrogens is 932 g/mol. The maximum atomic E-state index is 16.0. The number of halogens is 7. The molecule has 0 saturated heterocycles. The molecule has 2 aromatic carbocycles. The van der Waals surface area contributed by atoms with Crippen LogP contribution in [0.1, 0.15) is 98.2 Å². The lowest BCUT2D eigenvalue weighted by Crippen LogP contribution is -2.35. The van der Waals surface area contributed by atoms with Gasteiger partial charge in [-0.15, -0.1) is 5.92 Å². The second-order valence-electron chi connectivity index (χ2n) is 17.7. The first kappa shape index (κ1) is 45.6. The largest absolute Gasteiger partial charge is 0.346 e. The Bertz CT molecular complexity index is 3200. The van der Waals surface area contributed by atoms with Gasteiger partial charge in [0.25, 0.3) is 12.3 Å². The van der Waals surface area contributed by atoms with Crippen LogP contribution in [0.3, 0.4) is 0 Å². The highest BCUT2D eigenvalue weighted by molar-refractivity contribution is 7.94. The van der Waals surface area contributed by atoms with Gasteiger partial charge in [-0.1, -0.05) is 29.5 Å². The number of carbonyl (C=O) groups is 1. The number of fused-ring (bicyclic) bond motifs is 4. The summed E-state index contributed by atoms with van der Waals surface area (Å²) in [5.74, 6) is 1.31. The summed E-state index contributed by atoms with van der Waals surface area (Å²) >= 11 is 6.74. The van der Waals surface area contributed by atoms with Crippen molar-refractivity contribution in [3.05, 3.63) is 93.0 Å². The Morgan fingerprint density at radius 1 is 1.00 bits per heavy atom. The van der Waals surface area contributed by atoms with E-state index in [2.05, 4.69) is 43.9 Å². The van der Waals surface area contributed by atoms with Crippen LogP contribution in [0.25, 0.3) is 22.0 Å². The highest BCUT2D eigenvalue weighted by Crippen LogP contribution is 2.57. The van der Waals surface area contributed by atoms with Crippen LogP contribution in [0.2, 0.25) is 5.02 Å². The summed E-state index contributed by atoms with van der Waals surface area (Å²) in [7, 11) is -6.02. The highest BCUT2D eigenvalue weighted by atomic mass is 35.5. The molecule has 4 aliphatic carbocycles. The SMILES string of the molecule is Cn1nc(NS(=O)(=O)CC2CC2)c2c(Cl)ccc(-c3ccc(C#CC(C)(C)S(=O)(=O)C4CC4)nc3[C@H](Cc3cc(F)cc(F)c3)NC(=O)Cn3nc(C(F)F)c4c3C(F)(F)[C@@H]3CC#C[C@H]43)c21. The van der Waals surface area contributed by atoms with Gasteiger partial charge in [-0.3, -0.25) is 18.9 Å². The molecular formula is C45H40ClF6N7O5S2. The van der Waals surface area contributed by atoms with Crippen LogP contribution in [0.4, 0.5) is 32.2 Å². The normalized spacial score (nSPS) is 19.2. The van der Waals surface area contributed by atoms with Crippen LogP contribution >= 0.6 is 11.6 Å². The van der Waals surface area contributed by atoms with E-state index in [1.807, 2.05) is 0 Å². The number of hydrogen-bond donors (Lipinski definition) is 2. The molecule has 2 fully saturated rings. The maximum absolute atomic E-state index is 16.0. The Morgan fingerprint density at radius 2 is 1.70 bits per heavy atom. The van der Waals surface area contributed by atoms with Gasteiger partial charge in [0.1, 0.15) is 40.0 Å². The molecule has 0 aliphatic heterocycles. The number of sulfonamides is 1. The Hall–Kier alpha value is -5.57. The van der Waals surface area contributed by atoms with Gasteiger partial charge in [0.05, 0.1) is 50.5 Å². The van der Waals surface area contributed by atoms with E-state index < -0.39 is 108 Å². The van der Waals surface area contributed by atoms with Crippen molar-refractivity contribution in [3.8, 4) is 34.8 Å². The van der Waals surface area contributed by atoms with E-state index in [1.165, 1.54) is 37.7 Å². The molecule has 5 aromatic rings. The number of aryl methyl sites for hydroxylation is 1. The molecule has 3 heterocycles. The Morgan fingerprint density at radius 3 is 2.36 bits per heavy atom. The summed E-state index contributed by atoms with van der Waals surface area (Å²) in [4.78, 5) is 19.1. The molecule has 1 amide bonds. The predicted molar refractivity (Wildman–Crippen MR) is 233 cm³/mol. The van der Waals surface area contributed by atoms with Gasteiger partial charge >= 0.3 is 0 Å². The van der Waals surface area contributed by atoms with Crippen molar-refractivity contribution in [2.24, 2.45) is 18.9 Å². The molecule has 2 saturated carbocycles. The van der Waals surface area contributed by atoms with E-state index in [0.717, 1.165) is 25.0 Å². The third kappa shape index (κ3) is 8.40. The van der Waals surface area contributed by atoms with E-state index in [-0.39, 0.29) is 62.3 Å². The lowest BCUT2D eigenvalue weighted by Gasteiger charge is -2.23. The van der Waals surface area contributed by atoms with Gasteiger partial charge in [-0.05, 0) is 93.7 Å². The third-order valence-electron chi connectivity index (χ3n) is 12.3. The van der Waals surface area contributed by atoms with Gasteiger partial charge in [-0.25, -0.2) is 39.4 Å². The van der Waals surface area contributed by atoms with E-state index in [9.17, 15) is 39.2 Å². The molecule has 2 N–H and O–H groups in total. The number of rotatable bonds is 14. The molecule has 0 spiro atoms. The molecule has 0 radical (unpaired) electrons. The van der Waals surface area contributed by atoms with Crippen LogP contribution in [0.5, 0.6) is 0 Å². The Kier molecular flexibility index (Phi) is 11.3. The smallest absolute Gasteiger partial charge is 0.294 e. The fourth-order valence-electron chi connectivity index (χ4n) is 8.84. The number of pyridine rings is 1. The van der Waals surface area contributed by atoms with Crippen molar-refractivity contribution in [2.75, 3.05) is 10.5 Å². The molecule has 0 bridgehead atoms. The first-order valence-corrected chi connectivity index (χ1v) is 24.6. The molecule has 0 unspecified atom stereocenters. The number of sulfone groups is 1. The quantitative estimate of drug-likeness (QED) is 0.0841. The number of amides is 1. The van der Waals surface area contributed by atoms with Gasteiger partial charge in [-0.2, -0.15) is 19.0 Å². The fraction of sp³-hybridized carbons (Fsp3) is 0.422. The minimum Gasteiger partial charge on any atom is -0.346 e. The highest BCUT2D eigenvalue weighted by Gasteiger charge is 2.59. The number of alkyl halides is 4. The lowest BCUT2D eigenvalue weighted by molar-refractivity contribution is -0.123. The van der Waals surface area contributed by atoms with Crippen LogP contribution < -0.4 is 10.0 Å². The summed E-state index contributed by atoms with van der Waals surface area (Å²) in [5.41, 5.74) is -1.40. The number of nitrogens with one attached hydrogen (secondary N) is 2. The number of carbonyl (C=O) groups excluding carboxylic acids is 1. The van der Waals surface area contributed by atoms with Crippen LogP contribution in [-0.4, -0.2) is 63.0 Å². The lowest BCUT2D eigenvalue weighted by atomic mass is 9.93. The number of hydrogen-bond acceptors (Lipinski definition) is 8. The van der Waals surface area contributed by atoms with E-state index in [1.54, 1.807) is 12.1 Å². The summed E-state index contributed by atoms with van der Waals surface area (Å²) in [6.07, 6.45) is -1.40. The predicted octanol–water partition coefficient (Wildman–Crippen LogP) is 7.87. The average molecular weight is 972 g/mol. The van der Waals surface area contributed by atoms with Gasteiger partial charge in [0, 0.05) is 36.2 Å². The summed E-state index contributed by atoms with van der Waals surface area (Å²) in [6, 6.07) is 7.33. The number of anilines is 1. The number of benzene rings is 2. The minimum atomic E-state index is -3.87. The zero-order chi connectivity index (χ0) is 47.2. The van der Waals surface area contributed by atoms with Gasteiger partial charge in [0.15, 0.2) is 15.7 Å². The monoisotopic (exact) mass is 971 g/mol. The van der Waals surface area contributed by atoms with Crippen LogP contribution in [0.15, 0.2) is 42.5 Å². The summed E-state index contributed by atoms with van der Waals surface area (Å²) < 4.78 is 146. The molecule has 4 aliphatic rings. The van der Waals surface area contributed by atoms with Crippen molar-refractivity contribution in [1.82, 2.24) is 29.9 Å². The minimum absolute atomic E-state index is 0.00000434. The second-order valence-corrected chi connectivity index (χ2v) is 22.6. The van der Waals surface area contributed by atoms with E-state index in [4.69, 9.17) is 16.6 Å². The average Bonchev–Trinajstić information content (AvgIpc) is 4.10. The van der Waals surface area contributed by atoms with E-state index in [0.29, 0.717) is 29.2 Å². The van der Waals surface area contributed by atoms with Gasteiger partial charge in [0.2, 0.25) is 15.9 Å². The zero-order valence-electron chi connectivity index (χ0n) is 35.4. The van der Waals surface area contributed by atoms with Gasteiger partial charge < -0.3 is 5.32 Å². The summed E-state index contributed by atoms with van der Waals surface area (Å²) in [6.45, 7) is 1.93. The standard InChI is InChI=1S/C45H40ClF6N7O5S2/c1-44(2,66(63,64)28-10-11-28)16-15-27-9-12-29(30-13-14-33(46)37-40(30)58(3)56-43(37)57-65(61,62)22-23-7-8-23)38(53-27)34(19-24-17-25(47)20-26(48)18-24)54-35(60)21-59-41-36(39(55-59)42(49)50)31-5-4-6-32(31)45(41,51)52/h9,12-14,17-18,20,23,28,31-32,34,42H,6-8,10-11,19,21-22H2,1-3H3,(H,54,60)(H,56,57)/t31-,32+,34-/m0/s1. The third-order valence-corrected chi connectivity index (χ3v) is 16.9. The molecule has 21 heteroatoms. The molecule has 3 atom stereocenters. The number of nitrogens with zero attached hydrogens (tertiary/aromatic N) is 5. The fourth-order valence-corrected chi connectivity index (χ4v) is 12.3. The molecule has 12 nitrogen and oxygen atoms in total. The number of aromatic nitrogens is 5. The zero-order valence-corrected chi connectivity index (χ0v) is 37.8. The first-order valence-electron chi connectivity index (χ1n) is 21.0. The maximum Gasteiger partial charge on any atom is 0.294 e. The van der Waals surface area contributed by atoms with Crippen molar-refractivity contribution < 1.29 is 48.0 Å².